The SMILES string of the molecule is COc1ccc(OC)c2c1c(/C=C/[N+](=O)[O-])cn2S(=O)(=O)c1ccc(C)cc1. The van der Waals surface area contributed by atoms with Crippen molar-refractivity contribution in [2.24, 2.45) is 0 Å². The molecular formula is C19H18N2O6S. The molecule has 0 saturated carbocycles. The van der Waals surface area contributed by atoms with E-state index in [9.17, 15) is 18.5 Å². The smallest absolute Gasteiger partial charge is 0.268 e. The van der Waals surface area contributed by atoms with Gasteiger partial charge in [0.05, 0.1) is 29.4 Å². The van der Waals surface area contributed by atoms with Crippen molar-refractivity contribution in [1.29, 1.82) is 0 Å². The van der Waals surface area contributed by atoms with Crippen LogP contribution in [-0.4, -0.2) is 31.5 Å². The first-order chi connectivity index (χ1) is 13.3. The van der Waals surface area contributed by atoms with E-state index in [0.29, 0.717) is 22.4 Å². The second kappa shape index (κ2) is 7.35. The summed E-state index contributed by atoms with van der Waals surface area (Å²) in [7, 11) is -1.12. The summed E-state index contributed by atoms with van der Waals surface area (Å²) < 4.78 is 38.3. The molecule has 1 heterocycles. The zero-order chi connectivity index (χ0) is 20.5. The van der Waals surface area contributed by atoms with Crippen molar-refractivity contribution in [3.8, 4) is 11.5 Å². The average Bonchev–Trinajstić information content (AvgIpc) is 3.06. The lowest BCUT2D eigenvalue weighted by Gasteiger charge is -2.12. The molecule has 0 N–H and O–H groups in total. The van der Waals surface area contributed by atoms with Crippen molar-refractivity contribution < 1.29 is 22.8 Å². The number of aryl methyl sites for hydroxylation is 1. The minimum Gasteiger partial charge on any atom is -0.496 e. The predicted molar refractivity (Wildman–Crippen MR) is 105 cm³/mol. The van der Waals surface area contributed by atoms with E-state index in [1.54, 1.807) is 24.3 Å². The number of rotatable bonds is 6. The Balaban J connectivity index is 2.39. The maximum Gasteiger partial charge on any atom is 0.268 e. The van der Waals surface area contributed by atoms with Crippen molar-refractivity contribution in [2.45, 2.75) is 11.8 Å². The van der Waals surface area contributed by atoms with Crippen LogP contribution >= 0.6 is 0 Å². The highest BCUT2D eigenvalue weighted by atomic mass is 32.2. The Morgan fingerprint density at radius 2 is 1.64 bits per heavy atom. The molecule has 0 bridgehead atoms. The summed E-state index contributed by atoms with van der Waals surface area (Å²) in [6.07, 6.45) is 3.30. The Hall–Kier alpha value is -3.33. The van der Waals surface area contributed by atoms with Gasteiger partial charge in [0, 0.05) is 17.8 Å². The molecule has 3 aromatic rings. The summed E-state index contributed by atoms with van der Waals surface area (Å²) in [6, 6.07) is 9.62. The highest BCUT2D eigenvalue weighted by Gasteiger charge is 2.25. The Morgan fingerprint density at radius 3 is 2.21 bits per heavy atom. The van der Waals surface area contributed by atoms with Crippen molar-refractivity contribution in [3.63, 3.8) is 0 Å². The molecule has 0 aliphatic rings. The number of methoxy groups -OCH3 is 2. The number of aromatic nitrogens is 1. The summed E-state index contributed by atoms with van der Waals surface area (Å²) in [5.74, 6) is 0.670. The standard InChI is InChI=1S/C19H18N2O6S/c1-13-4-6-15(7-5-13)28(24,25)20-12-14(10-11-21(22)23)18-16(26-2)8-9-17(27-3)19(18)20/h4-12H,1-3H3/b11-10+. The maximum absolute atomic E-state index is 13.3. The fourth-order valence-electron chi connectivity index (χ4n) is 2.92. The van der Waals surface area contributed by atoms with E-state index in [1.807, 2.05) is 6.92 Å². The lowest BCUT2D eigenvalue weighted by Crippen LogP contribution is -2.12. The highest BCUT2D eigenvalue weighted by molar-refractivity contribution is 7.90. The van der Waals surface area contributed by atoms with Crippen LogP contribution in [-0.2, 0) is 10.0 Å². The summed E-state index contributed by atoms with van der Waals surface area (Å²) in [5.41, 5.74) is 1.48. The number of hydrogen-bond acceptors (Lipinski definition) is 6. The molecular weight excluding hydrogens is 384 g/mol. The van der Waals surface area contributed by atoms with Gasteiger partial charge in [-0.1, -0.05) is 17.7 Å². The van der Waals surface area contributed by atoms with Crippen molar-refractivity contribution in [1.82, 2.24) is 3.97 Å². The number of nitrogens with zero attached hydrogens (tertiary/aromatic N) is 2. The molecule has 0 spiro atoms. The van der Waals surface area contributed by atoms with Crippen molar-refractivity contribution in [2.75, 3.05) is 14.2 Å². The first-order valence-corrected chi connectivity index (χ1v) is 9.63. The zero-order valence-electron chi connectivity index (χ0n) is 15.4. The van der Waals surface area contributed by atoms with E-state index in [1.165, 1.54) is 38.6 Å². The first-order valence-electron chi connectivity index (χ1n) is 8.19. The van der Waals surface area contributed by atoms with Gasteiger partial charge in [-0.15, -0.1) is 0 Å². The van der Waals surface area contributed by atoms with Crippen LogP contribution in [0.3, 0.4) is 0 Å². The fraction of sp³-hybridized carbons (Fsp3) is 0.158. The number of ether oxygens (including phenoxy) is 2. The van der Waals surface area contributed by atoms with Gasteiger partial charge in [0.15, 0.2) is 0 Å². The molecule has 3 rings (SSSR count). The van der Waals surface area contributed by atoms with E-state index >= 15 is 0 Å². The second-order valence-corrected chi connectivity index (χ2v) is 7.81. The maximum atomic E-state index is 13.3. The molecule has 2 aromatic carbocycles. The normalized spacial score (nSPS) is 11.8. The Kier molecular flexibility index (Phi) is 5.10. The lowest BCUT2D eigenvalue weighted by molar-refractivity contribution is -0.400. The minimum atomic E-state index is -3.98. The molecule has 0 unspecified atom stereocenters. The third-order valence-corrected chi connectivity index (χ3v) is 5.94. The molecule has 0 aliphatic carbocycles. The molecule has 0 radical (unpaired) electrons. The number of nitro groups is 1. The van der Waals surface area contributed by atoms with E-state index in [2.05, 4.69) is 0 Å². The van der Waals surface area contributed by atoms with Crippen LogP contribution in [0.2, 0.25) is 0 Å². The molecule has 146 valence electrons. The quantitative estimate of drug-likeness (QED) is 0.462. The van der Waals surface area contributed by atoms with Gasteiger partial charge in [-0.3, -0.25) is 10.1 Å². The van der Waals surface area contributed by atoms with Gasteiger partial charge < -0.3 is 9.47 Å². The number of hydrogen-bond donors (Lipinski definition) is 0. The van der Waals surface area contributed by atoms with Crippen LogP contribution in [0.1, 0.15) is 11.1 Å². The van der Waals surface area contributed by atoms with Gasteiger partial charge in [-0.05, 0) is 31.2 Å². The molecule has 9 heteroatoms. The molecule has 8 nitrogen and oxygen atoms in total. The third kappa shape index (κ3) is 3.31. The number of benzene rings is 2. The monoisotopic (exact) mass is 402 g/mol. The molecule has 0 saturated heterocycles. The second-order valence-electron chi connectivity index (χ2n) is 5.99. The molecule has 28 heavy (non-hydrogen) atoms. The van der Waals surface area contributed by atoms with Gasteiger partial charge in [-0.2, -0.15) is 0 Å². The van der Waals surface area contributed by atoms with Crippen LogP contribution in [0.25, 0.3) is 17.0 Å². The molecule has 0 amide bonds. The molecule has 1 aromatic heterocycles. The van der Waals surface area contributed by atoms with Crippen molar-refractivity contribution in [3.05, 3.63) is 70.0 Å². The fourth-order valence-corrected chi connectivity index (χ4v) is 4.30. The van der Waals surface area contributed by atoms with Crippen LogP contribution in [0.4, 0.5) is 0 Å². The van der Waals surface area contributed by atoms with Gasteiger partial charge in [0.2, 0.25) is 6.20 Å². The van der Waals surface area contributed by atoms with Gasteiger partial charge in [0.1, 0.15) is 17.0 Å². The van der Waals surface area contributed by atoms with Crippen LogP contribution in [0, 0.1) is 17.0 Å². The highest BCUT2D eigenvalue weighted by Crippen LogP contribution is 2.39. The van der Waals surface area contributed by atoms with Gasteiger partial charge >= 0.3 is 0 Å². The van der Waals surface area contributed by atoms with Crippen LogP contribution in [0.15, 0.2) is 53.7 Å². The minimum absolute atomic E-state index is 0.0877. The average molecular weight is 402 g/mol. The van der Waals surface area contributed by atoms with Crippen molar-refractivity contribution >= 4 is 27.0 Å². The largest absolute Gasteiger partial charge is 0.496 e. The summed E-state index contributed by atoms with van der Waals surface area (Å²) in [4.78, 5) is 10.2. The lowest BCUT2D eigenvalue weighted by atomic mass is 10.1. The Morgan fingerprint density at radius 1 is 1.04 bits per heavy atom. The third-order valence-electron chi connectivity index (χ3n) is 4.26. The molecule has 0 fully saturated rings. The molecule has 0 atom stereocenters. The van der Waals surface area contributed by atoms with E-state index < -0.39 is 14.9 Å². The Bertz CT molecular complexity index is 1180. The van der Waals surface area contributed by atoms with Crippen LogP contribution < -0.4 is 9.47 Å². The van der Waals surface area contributed by atoms with E-state index in [-0.39, 0.29) is 10.4 Å². The summed E-state index contributed by atoms with van der Waals surface area (Å²) >= 11 is 0. The van der Waals surface area contributed by atoms with Gasteiger partial charge in [-0.25, -0.2) is 12.4 Å². The van der Waals surface area contributed by atoms with E-state index in [4.69, 9.17) is 9.47 Å². The summed E-state index contributed by atoms with van der Waals surface area (Å²) in [5, 5.41) is 11.2. The molecule has 0 aliphatic heterocycles. The first kappa shape index (κ1) is 19.4. The topological polar surface area (TPSA) is 101 Å². The summed E-state index contributed by atoms with van der Waals surface area (Å²) in [6.45, 7) is 1.86. The zero-order valence-corrected chi connectivity index (χ0v) is 16.3. The van der Waals surface area contributed by atoms with E-state index in [0.717, 1.165) is 15.7 Å². The van der Waals surface area contributed by atoms with Gasteiger partial charge in [0.25, 0.3) is 10.0 Å². The predicted octanol–water partition coefficient (Wildman–Crippen LogP) is 3.45. The van der Waals surface area contributed by atoms with Crippen LogP contribution in [0.5, 0.6) is 11.5 Å². The Labute approximate surface area is 161 Å². The number of fused-ring (bicyclic) bond motifs is 1.